The first-order valence-corrected chi connectivity index (χ1v) is 7.08. The fourth-order valence-corrected chi connectivity index (χ4v) is 2.78. The molecule has 0 saturated carbocycles. The Hall–Kier alpha value is -1.72. The van der Waals surface area contributed by atoms with Crippen LogP contribution in [0.25, 0.3) is 0 Å². The third-order valence-corrected chi connectivity index (χ3v) is 3.92. The first-order valence-electron chi connectivity index (χ1n) is 6.17. The van der Waals surface area contributed by atoms with Gasteiger partial charge in [0, 0.05) is 17.8 Å². The normalized spacial score (nSPS) is 18.6. The molecule has 1 aromatic carbocycles. The van der Waals surface area contributed by atoms with Crippen molar-refractivity contribution in [2.24, 2.45) is 0 Å². The molecule has 1 N–H and O–H groups in total. The molecular weight excluding hydrogens is 315 g/mol. The molecule has 1 heterocycles. The van der Waals surface area contributed by atoms with Crippen molar-refractivity contribution in [3.05, 3.63) is 46.1 Å². The van der Waals surface area contributed by atoms with Gasteiger partial charge in [-0.1, -0.05) is 29.8 Å². The number of rotatable bonds is 3. The van der Waals surface area contributed by atoms with Gasteiger partial charge in [-0.05, 0) is 11.6 Å². The van der Waals surface area contributed by atoms with Gasteiger partial charge in [0.2, 0.25) is 0 Å². The number of allylic oxidation sites excluding steroid dienone is 1. The van der Waals surface area contributed by atoms with E-state index in [0.717, 1.165) is 0 Å². The van der Waals surface area contributed by atoms with Crippen molar-refractivity contribution in [1.82, 2.24) is 10.2 Å². The fourth-order valence-electron chi connectivity index (χ4n) is 2.21. The molecule has 1 unspecified atom stereocenters. The summed E-state index contributed by atoms with van der Waals surface area (Å²) in [6.45, 7) is 0. The summed E-state index contributed by atoms with van der Waals surface area (Å²) in [5, 5.41) is 3.18. The van der Waals surface area contributed by atoms with Crippen molar-refractivity contribution in [1.29, 1.82) is 0 Å². The topological polar surface area (TPSA) is 58.6 Å². The highest BCUT2D eigenvalue weighted by molar-refractivity contribution is 6.31. The van der Waals surface area contributed by atoms with E-state index >= 15 is 0 Å². The quantitative estimate of drug-likeness (QED) is 0.685. The Balaban J connectivity index is 2.62. The van der Waals surface area contributed by atoms with Crippen LogP contribution >= 0.6 is 23.2 Å². The predicted molar refractivity (Wildman–Crippen MR) is 80.2 cm³/mol. The van der Waals surface area contributed by atoms with Crippen LogP contribution in [0.2, 0.25) is 5.02 Å². The summed E-state index contributed by atoms with van der Waals surface area (Å²) in [5.74, 6) is -0.544. The zero-order valence-electron chi connectivity index (χ0n) is 11.5. The van der Waals surface area contributed by atoms with E-state index in [1.54, 1.807) is 31.3 Å². The lowest BCUT2D eigenvalue weighted by Crippen LogP contribution is -2.47. The number of nitrogens with zero attached hydrogens (tertiary/aromatic N) is 1. The number of nitrogens with one attached hydrogen (secondary N) is 1. The molecule has 0 aromatic heterocycles. The summed E-state index contributed by atoms with van der Waals surface area (Å²) < 4.78 is 4.82. The van der Waals surface area contributed by atoms with Crippen LogP contribution in [-0.2, 0) is 9.53 Å². The molecule has 0 aliphatic carbocycles. The van der Waals surface area contributed by atoms with Crippen LogP contribution in [-0.4, -0.2) is 36.9 Å². The fraction of sp³-hybridized carbons (Fsp3) is 0.286. The van der Waals surface area contributed by atoms with Crippen LogP contribution in [0, 0.1) is 0 Å². The molecule has 1 aliphatic rings. The van der Waals surface area contributed by atoms with E-state index in [-0.39, 0.29) is 17.5 Å². The maximum absolute atomic E-state index is 12.1. The number of esters is 1. The summed E-state index contributed by atoms with van der Waals surface area (Å²) in [6, 6.07) is 5.93. The molecule has 21 heavy (non-hydrogen) atoms. The minimum Gasteiger partial charge on any atom is -0.466 e. The highest BCUT2D eigenvalue weighted by Crippen LogP contribution is 2.34. The molecule has 0 saturated heterocycles. The first-order chi connectivity index (χ1) is 10.0. The van der Waals surface area contributed by atoms with Crippen LogP contribution in [0.15, 0.2) is 35.5 Å². The van der Waals surface area contributed by atoms with E-state index in [9.17, 15) is 9.59 Å². The Morgan fingerprint density at radius 3 is 2.67 bits per heavy atom. The van der Waals surface area contributed by atoms with E-state index in [1.165, 1.54) is 12.0 Å². The number of benzene rings is 1. The Kier molecular flexibility index (Phi) is 4.75. The van der Waals surface area contributed by atoms with Gasteiger partial charge in [0.25, 0.3) is 0 Å². The number of methoxy groups -OCH3 is 1. The number of urea groups is 1. The van der Waals surface area contributed by atoms with Gasteiger partial charge < -0.3 is 10.1 Å². The number of halogens is 2. The van der Waals surface area contributed by atoms with Gasteiger partial charge in [-0.15, -0.1) is 11.6 Å². The molecule has 0 spiro atoms. The molecule has 0 radical (unpaired) electrons. The highest BCUT2D eigenvalue weighted by atomic mass is 35.5. The van der Waals surface area contributed by atoms with Crippen molar-refractivity contribution >= 4 is 35.2 Å². The smallest absolute Gasteiger partial charge is 0.338 e. The zero-order chi connectivity index (χ0) is 15.6. The minimum absolute atomic E-state index is 0.00923. The molecule has 2 rings (SSSR count). The van der Waals surface area contributed by atoms with Crippen molar-refractivity contribution in [3.63, 3.8) is 0 Å². The van der Waals surface area contributed by atoms with E-state index < -0.39 is 12.0 Å². The highest BCUT2D eigenvalue weighted by Gasteiger charge is 2.36. The van der Waals surface area contributed by atoms with Crippen molar-refractivity contribution in [3.8, 4) is 0 Å². The third kappa shape index (κ3) is 2.84. The average Bonchev–Trinajstić information content (AvgIpc) is 2.49. The van der Waals surface area contributed by atoms with Gasteiger partial charge in [0.1, 0.15) is 0 Å². The first kappa shape index (κ1) is 15.7. The Labute approximate surface area is 132 Å². The van der Waals surface area contributed by atoms with Crippen LogP contribution < -0.4 is 5.32 Å². The SMILES string of the molecule is COC(=O)C1=C(CCl)N(C)C(=O)NC1c1ccccc1Cl. The lowest BCUT2D eigenvalue weighted by molar-refractivity contribution is -0.136. The van der Waals surface area contributed by atoms with Gasteiger partial charge in [0.15, 0.2) is 0 Å². The summed E-state index contributed by atoms with van der Waals surface area (Å²) in [4.78, 5) is 25.5. The third-order valence-electron chi connectivity index (χ3n) is 3.33. The van der Waals surface area contributed by atoms with Crippen LogP contribution in [0.4, 0.5) is 4.79 Å². The second-order valence-corrected chi connectivity index (χ2v) is 5.12. The summed E-state index contributed by atoms with van der Waals surface area (Å²) in [5.41, 5.74) is 1.29. The van der Waals surface area contributed by atoms with Gasteiger partial charge in [-0.25, -0.2) is 9.59 Å². The maximum Gasteiger partial charge on any atom is 0.338 e. The number of hydrogen-bond donors (Lipinski definition) is 1. The van der Waals surface area contributed by atoms with Gasteiger partial charge in [0.05, 0.1) is 24.6 Å². The van der Waals surface area contributed by atoms with Crippen LogP contribution in [0.3, 0.4) is 0 Å². The molecule has 2 amide bonds. The average molecular weight is 329 g/mol. The maximum atomic E-state index is 12.1. The molecule has 5 nitrogen and oxygen atoms in total. The summed E-state index contributed by atoms with van der Waals surface area (Å²) in [6.07, 6.45) is 0. The molecule has 0 fully saturated rings. The van der Waals surface area contributed by atoms with Gasteiger partial charge in [-0.2, -0.15) is 0 Å². The largest absolute Gasteiger partial charge is 0.466 e. The summed E-state index contributed by atoms with van der Waals surface area (Å²) in [7, 11) is 2.82. The molecule has 1 atom stereocenters. The Morgan fingerprint density at radius 1 is 1.43 bits per heavy atom. The van der Waals surface area contributed by atoms with Crippen molar-refractivity contribution in [2.75, 3.05) is 20.0 Å². The van der Waals surface area contributed by atoms with E-state index in [4.69, 9.17) is 27.9 Å². The van der Waals surface area contributed by atoms with Crippen LogP contribution in [0.1, 0.15) is 11.6 Å². The number of amides is 2. The van der Waals surface area contributed by atoms with Crippen molar-refractivity contribution < 1.29 is 14.3 Å². The summed E-state index contributed by atoms with van der Waals surface area (Å²) >= 11 is 12.1. The zero-order valence-corrected chi connectivity index (χ0v) is 13.0. The van der Waals surface area contributed by atoms with Gasteiger partial charge >= 0.3 is 12.0 Å². The van der Waals surface area contributed by atoms with E-state index in [2.05, 4.69) is 5.32 Å². The van der Waals surface area contributed by atoms with Crippen molar-refractivity contribution in [2.45, 2.75) is 6.04 Å². The predicted octanol–water partition coefficient (Wildman–Crippen LogP) is 2.70. The minimum atomic E-state index is -0.691. The van der Waals surface area contributed by atoms with E-state index in [0.29, 0.717) is 16.3 Å². The Bertz CT molecular complexity index is 616. The monoisotopic (exact) mass is 328 g/mol. The number of carbonyl (C=O) groups excluding carboxylic acids is 2. The molecule has 7 heteroatoms. The number of ether oxygens (including phenoxy) is 1. The molecule has 1 aromatic rings. The second kappa shape index (κ2) is 6.37. The second-order valence-electron chi connectivity index (χ2n) is 4.45. The van der Waals surface area contributed by atoms with Gasteiger partial charge in [-0.3, -0.25) is 4.90 Å². The molecule has 0 bridgehead atoms. The number of alkyl halides is 1. The van der Waals surface area contributed by atoms with Crippen LogP contribution in [0.5, 0.6) is 0 Å². The standard InChI is InChI=1S/C14H14Cl2N2O3/c1-18-10(7-15)11(13(19)21-2)12(17-14(18)20)8-5-3-4-6-9(8)16/h3-6,12H,7H2,1-2H3,(H,17,20). The lowest BCUT2D eigenvalue weighted by Gasteiger charge is -2.34. The lowest BCUT2D eigenvalue weighted by atomic mass is 9.95. The molecular formula is C14H14Cl2N2O3. The number of hydrogen-bond acceptors (Lipinski definition) is 3. The van der Waals surface area contributed by atoms with E-state index in [1.807, 2.05) is 0 Å². The number of carbonyl (C=O) groups is 2. The Morgan fingerprint density at radius 2 is 2.10 bits per heavy atom. The molecule has 112 valence electrons. The molecule has 1 aliphatic heterocycles.